The number of ether oxygens (including phenoxy) is 1. The molecule has 126 valence electrons. The second-order valence-corrected chi connectivity index (χ2v) is 7.70. The van der Waals surface area contributed by atoms with Crippen LogP contribution in [-0.2, 0) is 17.8 Å². The summed E-state index contributed by atoms with van der Waals surface area (Å²) < 4.78 is 5.94. The van der Waals surface area contributed by atoms with Crippen molar-refractivity contribution in [1.82, 2.24) is 10.2 Å². The predicted molar refractivity (Wildman–Crippen MR) is 91.5 cm³/mol. The molecule has 1 aromatic rings. The van der Waals surface area contributed by atoms with Crippen molar-refractivity contribution in [3.05, 3.63) is 29.3 Å². The fourth-order valence-corrected chi connectivity index (χ4v) is 3.76. The summed E-state index contributed by atoms with van der Waals surface area (Å²) in [6.07, 6.45) is 2.01. The summed E-state index contributed by atoms with van der Waals surface area (Å²) >= 11 is 0. The third-order valence-corrected chi connectivity index (χ3v) is 5.05. The Morgan fingerprint density at radius 1 is 1.43 bits per heavy atom. The summed E-state index contributed by atoms with van der Waals surface area (Å²) in [6, 6.07) is 7.00. The maximum atomic E-state index is 11.5. The Labute approximate surface area is 139 Å². The molecular weight excluding hydrogens is 288 g/mol. The molecule has 2 atom stereocenters. The van der Waals surface area contributed by atoms with Gasteiger partial charge in [-0.3, -0.25) is 4.79 Å². The zero-order valence-electron chi connectivity index (χ0n) is 14.7. The first-order valence-electron chi connectivity index (χ1n) is 8.64. The number of likely N-dealkylation sites (tertiary alicyclic amines) is 1. The van der Waals surface area contributed by atoms with Gasteiger partial charge in [-0.2, -0.15) is 0 Å². The molecule has 4 nitrogen and oxygen atoms in total. The molecule has 1 fully saturated rings. The van der Waals surface area contributed by atoms with Gasteiger partial charge in [0.2, 0.25) is 5.91 Å². The van der Waals surface area contributed by atoms with Gasteiger partial charge in [0, 0.05) is 39.0 Å². The Morgan fingerprint density at radius 3 is 2.91 bits per heavy atom. The van der Waals surface area contributed by atoms with E-state index in [1.54, 1.807) is 6.92 Å². The summed E-state index contributed by atoms with van der Waals surface area (Å²) in [5.74, 6) is 1.71. The van der Waals surface area contributed by atoms with Crippen molar-refractivity contribution in [3.63, 3.8) is 0 Å². The molecule has 2 aliphatic heterocycles. The zero-order valence-corrected chi connectivity index (χ0v) is 14.7. The first-order valence-corrected chi connectivity index (χ1v) is 8.64. The van der Waals surface area contributed by atoms with Gasteiger partial charge in [0.25, 0.3) is 0 Å². The van der Waals surface area contributed by atoms with Crippen LogP contribution >= 0.6 is 0 Å². The van der Waals surface area contributed by atoms with E-state index in [0.717, 1.165) is 38.2 Å². The summed E-state index contributed by atoms with van der Waals surface area (Å²) in [7, 11) is 0. The number of hydrogen-bond acceptors (Lipinski definition) is 3. The zero-order chi connectivity index (χ0) is 16.6. The van der Waals surface area contributed by atoms with Crippen LogP contribution in [0.1, 0.15) is 45.2 Å². The lowest BCUT2D eigenvalue weighted by Crippen LogP contribution is -2.49. The predicted octanol–water partition coefficient (Wildman–Crippen LogP) is 2.75. The van der Waals surface area contributed by atoms with Crippen molar-refractivity contribution in [1.29, 1.82) is 0 Å². The Kier molecular flexibility index (Phi) is 4.37. The van der Waals surface area contributed by atoms with Crippen LogP contribution in [0.2, 0.25) is 0 Å². The van der Waals surface area contributed by atoms with Crippen LogP contribution in [0.3, 0.4) is 0 Å². The SMILES string of the molecule is CC(=O)N1CCC(NCc2ccc3c(c2)CC(C)(C)O3)C(C)C1. The minimum atomic E-state index is -0.0809. The van der Waals surface area contributed by atoms with Gasteiger partial charge in [-0.1, -0.05) is 19.1 Å². The molecule has 3 rings (SSSR count). The van der Waals surface area contributed by atoms with Crippen LogP contribution in [0, 0.1) is 5.92 Å². The average Bonchev–Trinajstić information content (AvgIpc) is 2.78. The molecule has 1 amide bonds. The molecule has 2 aliphatic rings. The molecule has 0 saturated carbocycles. The van der Waals surface area contributed by atoms with Crippen LogP contribution in [0.5, 0.6) is 5.75 Å². The summed E-state index contributed by atoms with van der Waals surface area (Å²) in [5.41, 5.74) is 2.54. The van der Waals surface area contributed by atoms with Gasteiger partial charge in [0.15, 0.2) is 0 Å². The number of piperidine rings is 1. The minimum Gasteiger partial charge on any atom is -0.487 e. The molecule has 0 spiro atoms. The van der Waals surface area contributed by atoms with Gasteiger partial charge in [0.05, 0.1) is 0 Å². The molecule has 2 heterocycles. The Balaban J connectivity index is 1.57. The van der Waals surface area contributed by atoms with Crippen molar-refractivity contribution in [2.45, 2.75) is 58.7 Å². The lowest BCUT2D eigenvalue weighted by Gasteiger charge is -2.37. The van der Waals surface area contributed by atoms with Crippen LogP contribution < -0.4 is 10.1 Å². The Bertz CT molecular complexity index is 597. The largest absolute Gasteiger partial charge is 0.487 e. The molecular formula is C19H28N2O2. The maximum Gasteiger partial charge on any atom is 0.219 e. The fourth-order valence-electron chi connectivity index (χ4n) is 3.76. The van der Waals surface area contributed by atoms with E-state index in [0.29, 0.717) is 12.0 Å². The first kappa shape index (κ1) is 16.3. The van der Waals surface area contributed by atoms with Gasteiger partial charge in [0.1, 0.15) is 11.4 Å². The summed E-state index contributed by atoms with van der Waals surface area (Å²) in [6.45, 7) is 10.8. The van der Waals surface area contributed by atoms with E-state index >= 15 is 0 Å². The first-order chi connectivity index (χ1) is 10.8. The maximum absolute atomic E-state index is 11.5. The van der Waals surface area contributed by atoms with Gasteiger partial charge < -0.3 is 15.0 Å². The Morgan fingerprint density at radius 2 is 2.22 bits per heavy atom. The van der Waals surface area contributed by atoms with E-state index < -0.39 is 0 Å². The highest BCUT2D eigenvalue weighted by atomic mass is 16.5. The molecule has 2 unspecified atom stereocenters. The highest BCUT2D eigenvalue weighted by Crippen LogP contribution is 2.35. The number of carbonyl (C=O) groups excluding carboxylic acids is 1. The quantitative estimate of drug-likeness (QED) is 0.932. The number of hydrogen-bond donors (Lipinski definition) is 1. The second-order valence-electron chi connectivity index (χ2n) is 7.70. The number of benzene rings is 1. The summed E-state index contributed by atoms with van der Waals surface area (Å²) in [5, 5.41) is 3.68. The van der Waals surface area contributed by atoms with Crippen molar-refractivity contribution in [2.75, 3.05) is 13.1 Å². The monoisotopic (exact) mass is 316 g/mol. The number of carbonyl (C=O) groups is 1. The van der Waals surface area contributed by atoms with Gasteiger partial charge in [-0.15, -0.1) is 0 Å². The number of amides is 1. The van der Waals surface area contributed by atoms with Gasteiger partial charge in [-0.05, 0) is 43.4 Å². The van der Waals surface area contributed by atoms with E-state index in [-0.39, 0.29) is 11.5 Å². The number of fused-ring (bicyclic) bond motifs is 1. The molecule has 0 aromatic heterocycles. The van der Waals surface area contributed by atoms with Gasteiger partial charge in [-0.25, -0.2) is 0 Å². The molecule has 0 bridgehead atoms. The highest BCUT2D eigenvalue weighted by molar-refractivity contribution is 5.73. The summed E-state index contributed by atoms with van der Waals surface area (Å²) in [4.78, 5) is 13.4. The van der Waals surface area contributed by atoms with Crippen LogP contribution in [0.15, 0.2) is 18.2 Å². The number of nitrogens with one attached hydrogen (secondary N) is 1. The van der Waals surface area contributed by atoms with Gasteiger partial charge >= 0.3 is 0 Å². The molecule has 0 radical (unpaired) electrons. The van der Waals surface area contributed by atoms with Crippen LogP contribution in [0.4, 0.5) is 0 Å². The fraction of sp³-hybridized carbons (Fsp3) is 0.632. The van der Waals surface area contributed by atoms with E-state index in [2.05, 4.69) is 44.3 Å². The number of nitrogens with zero attached hydrogens (tertiary/aromatic N) is 1. The third kappa shape index (κ3) is 3.69. The minimum absolute atomic E-state index is 0.0809. The van der Waals surface area contributed by atoms with E-state index in [9.17, 15) is 4.79 Å². The standard InChI is InChI=1S/C19H28N2O2/c1-13-12-21(14(2)22)8-7-17(13)20-11-15-5-6-18-16(9-15)10-19(3,4)23-18/h5-6,9,13,17,20H,7-8,10-12H2,1-4H3. The Hall–Kier alpha value is -1.55. The van der Waals surface area contributed by atoms with E-state index in [1.165, 1.54) is 11.1 Å². The molecule has 23 heavy (non-hydrogen) atoms. The molecule has 1 N–H and O–H groups in total. The molecule has 4 heteroatoms. The number of rotatable bonds is 3. The second kappa shape index (κ2) is 6.16. The highest BCUT2D eigenvalue weighted by Gasteiger charge is 2.30. The third-order valence-electron chi connectivity index (χ3n) is 5.05. The van der Waals surface area contributed by atoms with Crippen molar-refractivity contribution >= 4 is 5.91 Å². The van der Waals surface area contributed by atoms with E-state index in [1.807, 2.05) is 4.90 Å². The normalized spacial score (nSPS) is 25.8. The molecule has 1 saturated heterocycles. The lowest BCUT2D eigenvalue weighted by molar-refractivity contribution is -0.130. The van der Waals surface area contributed by atoms with Crippen molar-refractivity contribution < 1.29 is 9.53 Å². The van der Waals surface area contributed by atoms with Crippen LogP contribution in [-0.4, -0.2) is 35.5 Å². The van der Waals surface area contributed by atoms with Crippen molar-refractivity contribution in [2.24, 2.45) is 5.92 Å². The topological polar surface area (TPSA) is 41.6 Å². The smallest absolute Gasteiger partial charge is 0.219 e. The lowest BCUT2D eigenvalue weighted by atomic mass is 9.93. The van der Waals surface area contributed by atoms with Crippen molar-refractivity contribution in [3.8, 4) is 5.75 Å². The molecule has 0 aliphatic carbocycles. The van der Waals surface area contributed by atoms with Crippen LogP contribution in [0.25, 0.3) is 0 Å². The molecule has 1 aromatic carbocycles. The average molecular weight is 316 g/mol. The van der Waals surface area contributed by atoms with E-state index in [4.69, 9.17) is 4.74 Å².